The molecule has 1 saturated carbocycles. The fraction of sp³-hybridized carbons (Fsp3) is 0.462. The molecule has 0 spiro atoms. The molecule has 1 N–H and O–H groups in total. The van der Waals surface area contributed by atoms with Crippen molar-refractivity contribution in [3.63, 3.8) is 0 Å². The zero-order valence-corrected chi connectivity index (χ0v) is 10.2. The molecular formula is C13H15N3O2. The first-order chi connectivity index (χ1) is 8.61. The molecule has 0 heterocycles. The molecule has 5 heteroatoms. The van der Waals surface area contributed by atoms with Crippen molar-refractivity contribution in [2.45, 2.75) is 19.8 Å². The minimum absolute atomic E-state index is 0.0980. The minimum atomic E-state index is -0.520. The number of anilines is 1. The number of nitrogens with zero attached hydrogens (tertiary/aromatic N) is 2. The molecule has 0 aliphatic heterocycles. The Balaban J connectivity index is 2.06. The van der Waals surface area contributed by atoms with Gasteiger partial charge in [0.05, 0.1) is 4.92 Å². The maximum atomic E-state index is 10.8. The van der Waals surface area contributed by atoms with Gasteiger partial charge in [0, 0.05) is 18.3 Å². The Bertz CT molecular complexity index is 503. The summed E-state index contributed by atoms with van der Waals surface area (Å²) in [7, 11) is 0. The topological polar surface area (TPSA) is 79.0 Å². The van der Waals surface area contributed by atoms with Gasteiger partial charge in [-0.1, -0.05) is 6.92 Å². The van der Waals surface area contributed by atoms with E-state index in [9.17, 15) is 10.1 Å². The summed E-state index contributed by atoms with van der Waals surface area (Å²) in [5, 5.41) is 22.8. The van der Waals surface area contributed by atoms with Gasteiger partial charge < -0.3 is 5.32 Å². The predicted molar refractivity (Wildman–Crippen MR) is 68.2 cm³/mol. The van der Waals surface area contributed by atoms with Crippen molar-refractivity contribution in [2.75, 3.05) is 11.9 Å². The van der Waals surface area contributed by atoms with Gasteiger partial charge >= 0.3 is 0 Å². The van der Waals surface area contributed by atoms with E-state index in [4.69, 9.17) is 5.26 Å². The van der Waals surface area contributed by atoms with E-state index in [1.807, 2.05) is 6.07 Å². The van der Waals surface area contributed by atoms with E-state index in [0.717, 1.165) is 12.5 Å². The van der Waals surface area contributed by atoms with Gasteiger partial charge in [-0.2, -0.15) is 5.26 Å². The zero-order valence-electron chi connectivity index (χ0n) is 10.2. The Morgan fingerprint density at radius 1 is 1.61 bits per heavy atom. The fourth-order valence-corrected chi connectivity index (χ4v) is 2.00. The van der Waals surface area contributed by atoms with Crippen LogP contribution in [0.15, 0.2) is 18.2 Å². The fourth-order valence-electron chi connectivity index (χ4n) is 2.00. The molecule has 1 atom stereocenters. The Labute approximate surface area is 106 Å². The normalized spacial score (nSPS) is 15.8. The molecule has 2 rings (SSSR count). The largest absolute Gasteiger partial charge is 0.385 e. The molecule has 0 amide bonds. The molecule has 1 aromatic carbocycles. The highest BCUT2D eigenvalue weighted by molar-refractivity contribution is 5.59. The average molecular weight is 245 g/mol. The Morgan fingerprint density at radius 2 is 2.33 bits per heavy atom. The van der Waals surface area contributed by atoms with Crippen LogP contribution >= 0.6 is 0 Å². The second-order valence-corrected chi connectivity index (χ2v) is 4.80. The number of nitro benzene ring substituents is 1. The highest BCUT2D eigenvalue weighted by atomic mass is 16.6. The van der Waals surface area contributed by atoms with Crippen molar-refractivity contribution in [1.29, 1.82) is 5.26 Å². The third-order valence-electron chi connectivity index (χ3n) is 3.37. The van der Waals surface area contributed by atoms with Crippen LogP contribution in [0.1, 0.15) is 25.3 Å². The SMILES string of the molecule is CC(CNc1ccc(C#N)c([N+](=O)[O-])c1)C1CC1. The van der Waals surface area contributed by atoms with E-state index in [-0.39, 0.29) is 11.3 Å². The zero-order chi connectivity index (χ0) is 13.1. The number of hydrogen-bond donors (Lipinski definition) is 1. The number of rotatable bonds is 5. The molecule has 0 saturated heterocycles. The van der Waals surface area contributed by atoms with Crippen LogP contribution in [0.25, 0.3) is 0 Å². The second-order valence-electron chi connectivity index (χ2n) is 4.80. The molecule has 1 unspecified atom stereocenters. The first-order valence-electron chi connectivity index (χ1n) is 6.04. The molecule has 5 nitrogen and oxygen atoms in total. The molecule has 1 fully saturated rings. The smallest absolute Gasteiger partial charge is 0.289 e. The number of nitro groups is 1. The summed E-state index contributed by atoms with van der Waals surface area (Å²) in [5.74, 6) is 1.38. The lowest BCUT2D eigenvalue weighted by molar-refractivity contribution is -0.385. The number of nitriles is 1. The summed E-state index contributed by atoms with van der Waals surface area (Å²) < 4.78 is 0. The predicted octanol–water partition coefficient (Wildman–Crippen LogP) is 2.92. The number of benzene rings is 1. The van der Waals surface area contributed by atoms with E-state index < -0.39 is 4.92 Å². The standard InChI is InChI=1S/C13H15N3O2/c1-9(10-2-3-10)8-15-12-5-4-11(7-14)13(6-12)16(17)18/h4-6,9-10,15H,2-3,8H2,1H3. The van der Waals surface area contributed by atoms with E-state index >= 15 is 0 Å². The summed E-state index contributed by atoms with van der Waals surface area (Å²) in [6, 6.07) is 6.46. The van der Waals surface area contributed by atoms with Gasteiger partial charge in [-0.3, -0.25) is 10.1 Å². The van der Waals surface area contributed by atoms with Gasteiger partial charge in [0.2, 0.25) is 0 Å². The second kappa shape index (κ2) is 5.05. The summed E-state index contributed by atoms with van der Waals surface area (Å²) >= 11 is 0. The van der Waals surface area contributed by atoms with E-state index in [0.29, 0.717) is 11.6 Å². The maximum absolute atomic E-state index is 10.8. The third kappa shape index (κ3) is 2.77. The van der Waals surface area contributed by atoms with E-state index in [1.54, 1.807) is 6.07 Å². The van der Waals surface area contributed by atoms with Gasteiger partial charge in [-0.15, -0.1) is 0 Å². The maximum Gasteiger partial charge on any atom is 0.289 e. The summed E-state index contributed by atoms with van der Waals surface area (Å²) in [6.07, 6.45) is 2.58. The highest BCUT2D eigenvalue weighted by Crippen LogP contribution is 2.36. The van der Waals surface area contributed by atoms with E-state index in [1.165, 1.54) is 25.0 Å². The van der Waals surface area contributed by atoms with Crippen LogP contribution in [0.3, 0.4) is 0 Å². The summed E-state index contributed by atoms with van der Waals surface area (Å²) in [6.45, 7) is 3.00. The van der Waals surface area contributed by atoms with Gasteiger partial charge in [0.15, 0.2) is 0 Å². The lowest BCUT2D eigenvalue weighted by Gasteiger charge is -2.12. The van der Waals surface area contributed by atoms with Crippen molar-refractivity contribution in [2.24, 2.45) is 11.8 Å². The molecule has 1 aliphatic rings. The van der Waals surface area contributed by atoms with Gasteiger partial charge in [-0.05, 0) is 36.8 Å². The number of nitrogens with one attached hydrogen (secondary N) is 1. The summed E-state index contributed by atoms with van der Waals surface area (Å²) in [5.41, 5.74) is 0.663. The van der Waals surface area contributed by atoms with Crippen LogP contribution in [-0.2, 0) is 0 Å². The van der Waals surface area contributed by atoms with Crippen molar-refractivity contribution in [3.05, 3.63) is 33.9 Å². The van der Waals surface area contributed by atoms with Crippen LogP contribution in [0.5, 0.6) is 0 Å². The molecule has 0 aromatic heterocycles. The van der Waals surface area contributed by atoms with Crippen molar-refractivity contribution in [3.8, 4) is 6.07 Å². The molecule has 0 bridgehead atoms. The molecular weight excluding hydrogens is 230 g/mol. The lowest BCUT2D eigenvalue weighted by Crippen LogP contribution is -2.13. The minimum Gasteiger partial charge on any atom is -0.385 e. The third-order valence-corrected chi connectivity index (χ3v) is 3.37. The average Bonchev–Trinajstić information content (AvgIpc) is 3.19. The summed E-state index contributed by atoms with van der Waals surface area (Å²) in [4.78, 5) is 10.3. The van der Waals surface area contributed by atoms with Gasteiger partial charge in [0.1, 0.15) is 11.6 Å². The number of hydrogen-bond acceptors (Lipinski definition) is 4. The molecule has 0 radical (unpaired) electrons. The van der Waals surface area contributed by atoms with Crippen LogP contribution < -0.4 is 5.32 Å². The van der Waals surface area contributed by atoms with Crippen molar-refractivity contribution >= 4 is 11.4 Å². The molecule has 18 heavy (non-hydrogen) atoms. The molecule has 1 aromatic rings. The van der Waals surface area contributed by atoms with Gasteiger partial charge in [0.25, 0.3) is 5.69 Å². The first-order valence-corrected chi connectivity index (χ1v) is 6.04. The van der Waals surface area contributed by atoms with E-state index in [2.05, 4.69) is 12.2 Å². The van der Waals surface area contributed by atoms with Crippen LogP contribution in [0, 0.1) is 33.3 Å². The van der Waals surface area contributed by atoms with Gasteiger partial charge in [-0.25, -0.2) is 0 Å². The highest BCUT2D eigenvalue weighted by Gasteiger charge is 2.27. The quantitative estimate of drug-likeness (QED) is 0.639. The molecule has 1 aliphatic carbocycles. The van der Waals surface area contributed by atoms with Crippen LogP contribution in [0.4, 0.5) is 11.4 Å². The van der Waals surface area contributed by atoms with Crippen LogP contribution in [-0.4, -0.2) is 11.5 Å². The first kappa shape index (κ1) is 12.4. The Morgan fingerprint density at radius 3 is 2.89 bits per heavy atom. The monoisotopic (exact) mass is 245 g/mol. The van der Waals surface area contributed by atoms with Crippen LogP contribution in [0.2, 0.25) is 0 Å². The van der Waals surface area contributed by atoms with Crippen molar-refractivity contribution in [1.82, 2.24) is 0 Å². The Hall–Kier alpha value is -2.09. The van der Waals surface area contributed by atoms with Crippen molar-refractivity contribution < 1.29 is 4.92 Å². The molecule has 94 valence electrons. The lowest BCUT2D eigenvalue weighted by atomic mass is 10.1. The Kier molecular flexibility index (Phi) is 3.47.